The number of phosphoric ester groups is 2. The van der Waals surface area contributed by atoms with Gasteiger partial charge in [-0.05, 0) is 0 Å². The van der Waals surface area contributed by atoms with Crippen molar-refractivity contribution in [3.05, 3.63) is 12.0 Å². The molecule has 12 N–H and O–H groups in total. The number of fused-ring (bicyclic) bond motifs is 1. The molecule has 29 heteroatoms. The lowest BCUT2D eigenvalue weighted by molar-refractivity contribution is -0.0818. The second-order valence-corrected chi connectivity index (χ2v) is 14.9. The first-order chi connectivity index (χ1) is 20.1. The smallest absolute Gasteiger partial charge is 0.387 e. The normalized spacial score (nSPS) is 35.4. The van der Waals surface area contributed by atoms with E-state index in [9.17, 15) is 48.5 Å². The van der Waals surface area contributed by atoms with Crippen LogP contribution in [0.25, 0.3) is 0 Å². The van der Waals surface area contributed by atoms with Gasteiger partial charge in [0.2, 0.25) is 0 Å². The van der Waals surface area contributed by atoms with E-state index in [0.717, 1.165) is 22.1 Å². The summed E-state index contributed by atoms with van der Waals surface area (Å²) >= 11 is 0. The Balaban J connectivity index is 1.42. The van der Waals surface area contributed by atoms with Gasteiger partial charge in [-0.15, -0.1) is 0 Å². The number of hydrogen-bond donors (Lipinski definition) is 11. The Morgan fingerprint density at radius 2 is 1.32 bits per heavy atom. The number of aliphatic imine (C=N–C) groups is 1. The van der Waals surface area contributed by atoms with Crippen molar-refractivity contribution in [3.63, 3.8) is 0 Å². The number of phosphoric acid groups is 4. The summed E-state index contributed by atoms with van der Waals surface area (Å²) in [7, 11) is -21.9. The van der Waals surface area contributed by atoms with E-state index in [2.05, 4.69) is 27.6 Å². The largest absolute Gasteiger partial charge is 0.490 e. The van der Waals surface area contributed by atoms with E-state index in [1.54, 1.807) is 0 Å². The number of hydrogen-bond acceptors (Lipinski definition) is 18. The summed E-state index contributed by atoms with van der Waals surface area (Å²) in [5.41, 5.74) is 6.23. The zero-order chi connectivity index (χ0) is 33.0. The van der Waals surface area contributed by atoms with Crippen LogP contribution in [0.2, 0.25) is 0 Å². The van der Waals surface area contributed by atoms with Gasteiger partial charge < -0.3 is 69.9 Å². The Morgan fingerprint density at radius 3 is 1.89 bits per heavy atom. The van der Waals surface area contributed by atoms with Crippen LogP contribution in [0.4, 0.5) is 5.82 Å². The summed E-state index contributed by atoms with van der Waals surface area (Å²) in [4.78, 5) is 63.1. The van der Waals surface area contributed by atoms with Gasteiger partial charge in [0.25, 0.3) is 0 Å². The molecule has 1 aromatic heterocycles. The van der Waals surface area contributed by atoms with Gasteiger partial charge in [0.15, 0.2) is 18.3 Å². The lowest BCUT2D eigenvalue weighted by Gasteiger charge is -2.35. The first kappa shape index (κ1) is 35.8. The third kappa shape index (κ3) is 8.25. The van der Waals surface area contributed by atoms with Crippen LogP contribution in [0.15, 0.2) is 11.3 Å². The summed E-state index contributed by atoms with van der Waals surface area (Å²) < 4.78 is 73.2. The lowest BCUT2D eigenvalue weighted by atomic mass is 10.1. The van der Waals surface area contributed by atoms with Gasteiger partial charge in [-0.2, -0.15) is 8.62 Å². The molecular formula is C15H27N5O20P4. The molecule has 0 aromatic carbocycles. The molecular weight excluding hydrogens is 694 g/mol. The maximum Gasteiger partial charge on any atom is 0.490 e. The minimum absolute atomic E-state index is 0.00490. The predicted octanol–water partition coefficient (Wildman–Crippen LogP) is -3.67. The van der Waals surface area contributed by atoms with Crippen LogP contribution in [-0.4, -0.2) is 127 Å². The van der Waals surface area contributed by atoms with Gasteiger partial charge in [0.1, 0.15) is 48.5 Å². The van der Waals surface area contributed by atoms with Crippen LogP contribution in [0.5, 0.6) is 0 Å². The molecule has 2 saturated heterocycles. The van der Waals surface area contributed by atoms with E-state index < -0.39 is 99.7 Å². The Kier molecular flexibility index (Phi) is 10.4. The fourth-order valence-electron chi connectivity index (χ4n) is 4.31. The van der Waals surface area contributed by atoms with E-state index >= 15 is 0 Å². The monoisotopic (exact) mass is 721 g/mol. The van der Waals surface area contributed by atoms with Crippen LogP contribution >= 0.6 is 31.3 Å². The van der Waals surface area contributed by atoms with E-state index in [4.69, 9.17) is 34.8 Å². The molecule has 3 aliphatic heterocycles. The van der Waals surface area contributed by atoms with E-state index in [-0.39, 0.29) is 11.5 Å². The Labute approximate surface area is 244 Å². The Bertz CT molecular complexity index is 1430. The molecule has 11 atom stereocenters. The van der Waals surface area contributed by atoms with Crippen molar-refractivity contribution in [2.45, 2.75) is 55.2 Å². The van der Waals surface area contributed by atoms with E-state index in [1.165, 1.54) is 0 Å². The second-order valence-electron chi connectivity index (χ2n) is 9.26. The first-order valence-electron chi connectivity index (χ1n) is 11.7. The van der Waals surface area contributed by atoms with E-state index in [1.807, 2.05) is 0 Å². The van der Waals surface area contributed by atoms with Crippen LogP contribution in [0.3, 0.4) is 0 Å². The quantitative estimate of drug-likeness (QED) is 0.0926. The van der Waals surface area contributed by atoms with Crippen molar-refractivity contribution >= 4 is 43.4 Å². The SMILES string of the molecule is NC1c2ncn(C3OC(COP(=O)(O)OP(=O)(O)OP(=O)(O)O)C(O)C3O)c2N=CN1C1OC(COP(=O)(O)O)C(O)C1O. The van der Waals surface area contributed by atoms with Crippen LogP contribution < -0.4 is 5.73 Å². The number of imidazole rings is 1. The molecule has 252 valence electrons. The highest BCUT2D eigenvalue weighted by molar-refractivity contribution is 7.66. The molecule has 0 bridgehead atoms. The summed E-state index contributed by atoms with van der Waals surface area (Å²) in [5, 5.41) is 41.6. The lowest BCUT2D eigenvalue weighted by Crippen LogP contribution is -2.48. The fraction of sp³-hybridized carbons (Fsp3) is 0.733. The summed E-state index contributed by atoms with van der Waals surface area (Å²) in [6.45, 7) is -1.85. The topological polar surface area (TPSA) is 385 Å². The molecule has 0 aliphatic carbocycles. The van der Waals surface area contributed by atoms with Gasteiger partial charge in [0.05, 0.1) is 25.9 Å². The molecule has 44 heavy (non-hydrogen) atoms. The molecule has 25 nitrogen and oxygen atoms in total. The van der Waals surface area contributed by atoms with Crippen molar-refractivity contribution in [2.75, 3.05) is 13.2 Å². The molecule has 0 radical (unpaired) electrons. The minimum atomic E-state index is -5.80. The average Bonchev–Trinajstić information content (AvgIpc) is 3.50. The van der Waals surface area contributed by atoms with Crippen molar-refractivity contribution in [1.29, 1.82) is 0 Å². The molecule has 0 spiro atoms. The number of aliphatic hydroxyl groups excluding tert-OH is 4. The summed E-state index contributed by atoms with van der Waals surface area (Å²) in [5.74, 6) is -0.0482. The number of nitrogens with two attached hydrogens (primary N) is 1. The standard InChI is InChI=1S/C15H27N5O20P4/c16-12-7-13(18-4-19(12)14-10(23)8(21)5(37-14)1-35-41(25,26)27)20(3-17-7)15-11(24)9(22)6(38-15)2-36-43(31,32)40-44(33,34)39-42(28,29)30/h3-6,8-12,14-15,21-24H,1-2,16H2,(H,31,32)(H,33,34)(H2,25,26,27)(H2,28,29,30). The van der Waals surface area contributed by atoms with Gasteiger partial charge >= 0.3 is 31.3 Å². The molecule has 3 aliphatic rings. The highest BCUT2D eigenvalue weighted by Crippen LogP contribution is 2.66. The molecule has 0 saturated carbocycles. The van der Waals surface area contributed by atoms with Crippen molar-refractivity contribution in [2.24, 2.45) is 10.7 Å². The van der Waals surface area contributed by atoms with Crippen molar-refractivity contribution in [1.82, 2.24) is 14.5 Å². The Hall–Kier alpha value is -1.08. The first-order valence-corrected chi connectivity index (χ1v) is 17.8. The molecule has 0 amide bonds. The summed E-state index contributed by atoms with van der Waals surface area (Å²) in [6, 6.07) is 0. The minimum Gasteiger partial charge on any atom is -0.387 e. The zero-order valence-corrected chi connectivity index (χ0v) is 25.1. The van der Waals surface area contributed by atoms with Crippen molar-refractivity contribution in [3.8, 4) is 0 Å². The average molecular weight is 721 g/mol. The highest BCUT2D eigenvalue weighted by Gasteiger charge is 2.50. The molecule has 4 rings (SSSR count). The third-order valence-electron chi connectivity index (χ3n) is 6.18. The fourth-order valence-corrected chi connectivity index (χ4v) is 7.68. The number of ether oxygens (including phenoxy) is 2. The number of aliphatic hydroxyl groups is 4. The molecule has 2 fully saturated rings. The van der Waals surface area contributed by atoms with Gasteiger partial charge in [-0.25, -0.2) is 28.2 Å². The molecule has 11 unspecified atom stereocenters. The van der Waals surface area contributed by atoms with Crippen molar-refractivity contribution < 1.29 is 95.2 Å². The van der Waals surface area contributed by atoms with Gasteiger partial charge in [-0.1, -0.05) is 0 Å². The molecule has 1 aromatic rings. The van der Waals surface area contributed by atoms with Gasteiger partial charge in [0, 0.05) is 0 Å². The number of aromatic nitrogens is 2. The number of rotatable bonds is 12. The highest BCUT2D eigenvalue weighted by atomic mass is 31.3. The zero-order valence-electron chi connectivity index (χ0n) is 21.5. The summed E-state index contributed by atoms with van der Waals surface area (Å²) in [6.07, 6.45) is -11.8. The molecule has 4 heterocycles. The second kappa shape index (κ2) is 12.8. The van der Waals surface area contributed by atoms with Crippen LogP contribution in [0, 0.1) is 0 Å². The van der Waals surface area contributed by atoms with E-state index in [0.29, 0.717) is 0 Å². The maximum atomic E-state index is 12.0. The van der Waals surface area contributed by atoms with Gasteiger partial charge in [-0.3, -0.25) is 13.6 Å². The maximum absolute atomic E-state index is 12.0. The van der Waals surface area contributed by atoms with Crippen LogP contribution in [-0.2, 0) is 45.4 Å². The predicted molar refractivity (Wildman–Crippen MR) is 134 cm³/mol. The number of nitrogens with zero attached hydrogens (tertiary/aromatic N) is 4. The van der Waals surface area contributed by atoms with Crippen LogP contribution in [0.1, 0.15) is 18.1 Å². The Morgan fingerprint density at radius 1 is 0.773 bits per heavy atom. The third-order valence-corrected chi connectivity index (χ3v) is 10.5.